The summed E-state index contributed by atoms with van der Waals surface area (Å²) >= 11 is 0. The largest absolute Gasteiger partial charge is 0.477 e. The first kappa shape index (κ1) is 52.0. The average molecular weight is 997 g/mol. The van der Waals surface area contributed by atoms with Gasteiger partial charge in [-0.2, -0.15) is 5.26 Å². The molecule has 1 aromatic heterocycles. The number of primary amides is 1. The predicted octanol–water partition coefficient (Wildman–Crippen LogP) is 2.77. The number of carbonyl (C=O) groups excluding carboxylic acids is 7. The molecule has 2 unspecified atom stereocenters. The number of hydrogen-bond donors (Lipinski definition) is 6. The van der Waals surface area contributed by atoms with Crippen LogP contribution in [0, 0.1) is 23.1 Å². The molecule has 2 aromatic carbocycles. The summed E-state index contributed by atoms with van der Waals surface area (Å²) in [5, 5.41) is 30.6. The van der Waals surface area contributed by atoms with Crippen molar-refractivity contribution in [2.45, 2.75) is 102 Å². The summed E-state index contributed by atoms with van der Waals surface area (Å²) in [6.45, 7) is 4.19. The summed E-state index contributed by atoms with van der Waals surface area (Å²) in [6, 6.07) is 5.87. The number of nitrogens with two attached hydrogens (primary N) is 1. The van der Waals surface area contributed by atoms with E-state index in [4.69, 9.17) is 15.2 Å². The summed E-state index contributed by atoms with van der Waals surface area (Å²) < 4.78 is 29.3. The number of hydrogen-bond acceptors (Lipinski definition) is 13. The number of rotatable bonds is 21. The van der Waals surface area contributed by atoms with Crippen molar-refractivity contribution < 1.29 is 57.3 Å². The molecule has 7 N–H and O–H groups in total. The van der Waals surface area contributed by atoms with Crippen molar-refractivity contribution in [2.75, 3.05) is 49.5 Å². The van der Waals surface area contributed by atoms with Gasteiger partial charge >= 0.3 is 18.1 Å². The molecule has 2 saturated heterocycles. The third kappa shape index (κ3) is 12.2. The lowest BCUT2D eigenvalue weighted by Gasteiger charge is -2.35. The van der Waals surface area contributed by atoms with E-state index < -0.39 is 70.9 Å². The van der Waals surface area contributed by atoms with Gasteiger partial charge in [-0.15, -0.1) is 0 Å². The first-order chi connectivity index (χ1) is 34.4. The number of anilines is 2. The van der Waals surface area contributed by atoms with Crippen molar-refractivity contribution in [3.8, 4) is 6.07 Å². The lowest BCUT2D eigenvalue weighted by molar-refractivity contribution is -0.137. The average Bonchev–Trinajstić information content (AvgIpc) is 4.02. The Morgan fingerprint density at radius 3 is 2.35 bits per heavy atom. The first-order valence-corrected chi connectivity index (χ1v) is 23.9. The van der Waals surface area contributed by atoms with Gasteiger partial charge in [0, 0.05) is 69.2 Å². The third-order valence-corrected chi connectivity index (χ3v) is 13.0. The van der Waals surface area contributed by atoms with E-state index in [0.717, 1.165) is 11.0 Å². The number of nitrogens with zero attached hydrogens (tertiary/aromatic N) is 5. The van der Waals surface area contributed by atoms with Crippen LogP contribution in [0.2, 0.25) is 0 Å². The van der Waals surface area contributed by atoms with Crippen molar-refractivity contribution in [3.05, 3.63) is 81.4 Å². The maximum atomic E-state index is 16.1. The summed E-state index contributed by atoms with van der Waals surface area (Å²) in [7, 11) is 0. The fraction of sp³-hybridized carbons (Fsp3) is 0.469. The number of nitriles is 1. The Labute approximate surface area is 412 Å². The molecule has 382 valence electrons. The number of carboxylic acids is 1. The molecule has 3 aromatic rings. The van der Waals surface area contributed by atoms with E-state index in [0.29, 0.717) is 43.4 Å². The minimum absolute atomic E-state index is 0.0662. The van der Waals surface area contributed by atoms with Crippen LogP contribution in [0.3, 0.4) is 0 Å². The van der Waals surface area contributed by atoms with Gasteiger partial charge in [-0.05, 0) is 68.2 Å². The van der Waals surface area contributed by atoms with Crippen molar-refractivity contribution in [1.29, 1.82) is 5.26 Å². The molecule has 8 amide bonds. The van der Waals surface area contributed by atoms with Crippen LogP contribution in [0.4, 0.5) is 25.4 Å². The molecule has 3 fully saturated rings. The zero-order valence-corrected chi connectivity index (χ0v) is 39.8. The minimum atomic E-state index is -1.46. The van der Waals surface area contributed by atoms with Gasteiger partial charge in [0.1, 0.15) is 41.7 Å². The fourth-order valence-electron chi connectivity index (χ4n) is 9.14. The minimum Gasteiger partial charge on any atom is -0.477 e. The SMILES string of the molecule is CC(C)C(NC(=O)CCCCCN1C(=O)C=CC1=O)C(=O)N[C@@H](CCCNC(N)=O)C(=O)Nc1ccc(COC(=O)N2CCOC3CN(c4c(F)cc5c(=O)c(C(=O)O)cn(C6CC6)c5c4C#N)C[C@H]32)cc1. The number of imide groups is 1. The number of unbranched alkanes of at least 4 members (excludes halogenated alkanes) is 2. The third-order valence-electron chi connectivity index (χ3n) is 13.0. The van der Waals surface area contributed by atoms with Crippen LogP contribution in [0.1, 0.15) is 92.7 Å². The molecule has 0 spiro atoms. The maximum absolute atomic E-state index is 16.1. The Kier molecular flexibility index (Phi) is 16.5. The summed E-state index contributed by atoms with van der Waals surface area (Å²) in [5.41, 5.74) is 4.66. The fourth-order valence-corrected chi connectivity index (χ4v) is 9.14. The first-order valence-electron chi connectivity index (χ1n) is 23.9. The smallest absolute Gasteiger partial charge is 0.410 e. The molecule has 72 heavy (non-hydrogen) atoms. The van der Waals surface area contributed by atoms with Gasteiger partial charge in [0.05, 0.1) is 35.3 Å². The summed E-state index contributed by atoms with van der Waals surface area (Å²) in [4.78, 5) is 118. The van der Waals surface area contributed by atoms with Crippen molar-refractivity contribution in [2.24, 2.45) is 11.7 Å². The topological polar surface area (TPSA) is 305 Å². The second kappa shape index (κ2) is 22.9. The Balaban J connectivity index is 0.939. The maximum Gasteiger partial charge on any atom is 0.410 e. The number of nitrogens with one attached hydrogen (secondary N) is 4. The Bertz CT molecular complexity index is 2750. The molecule has 0 radical (unpaired) electrons. The van der Waals surface area contributed by atoms with E-state index in [2.05, 4.69) is 27.3 Å². The van der Waals surface area contributed by atoms with Crippen molar-refractivity contribution >= 4 is 69.9 Å². The second-order valence-electron chi connectivity index (χ2n) is 18.5. The monoisotopic (exact) mass is 996 g/mol. The molecule has 1 saturated carbocycles. The highest BCUT2D eigenvalue weighted by Crippen LogP contribution is 2.41. The quantitative estimate of drug-likeness (QED) is 0.0661. The molecule has 1 aliphatic carbocycles. The van der Waals surface area contributed by atoms with Crippen molar-refractivity contribution in [1.82, 2.24) is 30.3 Å². The van der Waals surface area contributed by atoms with E-state index in [-0.39, 0.29) is 117 Å². The highest BCUT2D eigenvalue weighted by atomic mass is 19.1. The predicted molar refractivity (Wildman–Crippen MR) is 256 cm³/mol. The van der Waals surface area contributed by atoms with Crippen LogP contribution in [0.25, 0.3) is 10.9 Å². The number of morpholine rings is 1. The molecule has 7 rings (SSSR count). The van der Waals surface area contributed by atoms with Crippen LogP contribution >= 0.6 is 0 Å². The number of amides is 8. The Morgan fingerprint density at radius 2 is 1.69 bits per heavy atom. The number of fused-ring (bicyclic) bond motifs is 2. The van der Waals surface area contributed by atoms with Crippen LogP contribution in [-0.2, 0) is 40.1 Å². The Hall–Kier alpha value is -7.87. The number of benzene rings is 2. The van der Waals surface area contributed by atoms with Gasteiger partial charge < -0.3 is 51.0 Å². The van der Waals surface area contributed by atoms with Crippen LogP contribution < -0.4 is 37.3 Å². The highest BCUT2D eigenvalue weighted by molar-refractivity contribution is 6.12. The van der Waals surface area contributed by atoms with Crippen LogP contribution in [0.5, 0.6) is 0 Å². The molecule has 4 atom stereocenters. The lowest BCUT2D eigenvalue weighted by Crippen LogP contribution is -2.54. The normalized spacial score (nSPS) is 18.1. The molecule has 22 nitrogen and oxygen atoms in total. The molecule has 0 bridgehead atoms. The van der Waals surface area contributed by atoms with Crippen molar-refractivity contribution in [3.63, 3.8) is 0 Å². The van der Waals surface area contributed by atoms with Gasteiger partial charge in [-0.25, -0.2) is 18.8 Å². The van der Waals surface area contributed by atoms with E-state index in [9.17, 15) is 53.5 Å². The molecule has 4 heterocycles. The number of ether oxygens (including phenoxy) is 2. The number of pyridine rings is 1. The molecule has 4 aliphatic rings. The van der Waals surface area contributed by atoms with Gasteiger partial charge in [-0.1, -0.05) is 32.4 Å². The number of halogens is 1. The van der Waals surface area contributed by atoms with E-state index >= 15 is 4.39 Å². The van der Waals surface area contributed by atoms with E-state index in [1.807, 2.05) is 0 Å². The number of carboxylic acid groups (broad SMARTS) is 1. The number of carbonyl (C=O) groups is 8. The van der Waals surface area contributed by atoms with Gasteiger partial charge in [-0.3, -0.25) is 38.6 Å². The number of aromatic nitrogens is 1. The van der Waals surface area contributed by atoms with Gasteiger partial charge in [0.2, 0.25) is 23.2 Å². The number of urea groups is 1. The Morgan fingerprint density at radius 1 is 0.972 bits per heavy atom. The molecule has 3 aliphatic heterocycles. The molecular weight excluding hydrogens is 940 g/mol. The molecule has 23 heteroatoms. The van der Waals surface area contributed by atoms with Crippen LogP contribution in [0.15, 0.2) is 53.5 Å². The summed E-state index contributed by atoms with van der Waals surface area (Å²) in [5.74, 6) is -5.01. The second-order valence-corrected chi connectivity index (χ2v) is 18.5. The lowest BCUT2D eigenvalue weighted by atomic mass is 10.0. The zero-order chi connectivity index (χ0) is 51.8. The van der Waals surface area contributed by atoms with Gasteiger partial charge in [0.25, 0.3) is 11.8 Å². The molecular formula is C49H57FN10O12. The van der Waals surface area contributed by atoms with Gasteiger partial charge in [0.15, 0.2) is 0 Å². The highest BCUT2D eigenvalue weighted by Gasteiger charge is 2.45. The van der Waals surface area contributed by atoms with Crippen LogP contribution in [-0.4, -0.2) is 131 Å². The standard InChI is InChI=1S/C49H57FN10O12/c1-27(2)41(56-38(61)8-4-3-5-18-59-39(62)15-16-40(59)63)46(66)55-35(7-6-17-53-48(52)69)45(65)54-29-11-9-28(10-12-29)26-72-49(70)58-19-20-71-37-25-57(24-36(37)58)43-32(22-51)42-31(21-34(43)50)44(64)33(47(67)68)23-60(42)30-13-14-30/h9-12,15-16,21,23,27,30,35-37,41H,3-8,13-14,17-20,24-26H2,1-2H3,(H,54,65)(H,55,66)(H,56,61)(H,67,68)(H3,52,53,69)/t35-,36+,37?,41?/m0/s1. The van der Waals surface area contributed by atoms with E-state index in [1.165, 1.54) is 23.2 Å². The summed E-state index contributed by atoms with van der Waals surface area (Å²) in [6.07, 6.45) is 5.76. The van der Waals surface area contributed by atoms with E-state index in [1.54, 1.807) is 47.6 Å². The zero-order valence-electron chi connectivity index (χ0n) is 39.8. The number of aromatic carboxylic acids is 1.